The van der Waals surface area contributed by atoms with E-state index in [1.807, 2.05) is 18.4 Å². The Bertz CT molecular complexity index is 924. The van der Waals surface area contributed by atoms with Crippen LogP contribution in [-0.2, 0) is 13.0 Å². The van der Waals surface area contributed by atoms with E-state index >= 15 is 0 Å². The fraction of sp³-hybridized carbons (Fsp3) is 0.222. The molecule has 24 heavy (non-hydrogen) atoms. The number of benzene rings is 2. The van der Waals surface area contributed by atoms with Gasteiger partial charge < -0.3 is 4.90 Å². The van der Waals surface area contributed by atoms with Gasteiger partial charge in [-0.3, -0.25) is 0 Å². The van der Waals surface area contributed by atoms with Gasteiger partial charge in [0.2, 0.25) is 0 Å². The Balaban J connectivity index is 1.79. The molecule has 0 amide bonds. The Hall–Kier alpha value is -1.49. The van der Waals surface area contributed by atoms with Crippen LogP contribution in [0.2, 0.25) is 10.2 Å². The molecule has 0 unspecified atom stereocenters. The molecular weight excluding hydrogens is 361 g/mol. The van der Waals surface area contributed by atoms with Gasteiger partial charge in [0.05, 0.1) is 17.3 Å². The van der Waals surface area contributed by atoms with Crippen molar-refractivity contribution in [1.29, 1.82) is 0 Å². The first-order valence-corrected chi connectivity index (χ1v) is 9.67. The van der Waals surface area contributed by atoms with Crippen LogP contribution in [0.5, 0.6) is 0 Å². The van der Waals surface area contributed by atoms with E-state index in [1.54, 1.807) is 0 Å². The maximum Gasteiger partial charge on any atom is 0.189 e. The van der Waals surface area contributed by atoms with Crippen molar-refractivity contribution in [3.63, 3.8) is 0 Å². The molecule has 122 valence electrons. The van der Waals surface area contributed by atoms with E-state index in [-0.39, 0.29) is 0 Å². The third-order valence-corrected chi connectivity index (χ3v) is 5.52. The van der Waals surface area contributed by atoms with Gasteiger partial charge in [-0.2, -0.15) is 0 Å². The largest absolute Gasteiger partial charge is 0.365 e. The molecule has 0 saturated carbocycles. The number of halogens is 2. The lowest BCUT2D eigenvalue weighted by Crippen LogP contribution is -2.31. The molecule has 2 heterocycles. The lowest BCUT2D eigenvalue weighted by molar-refractivity contribution is 0.689. The minimum Gasteiger partial charge on any atom is -0.365 e. The smallest absolute Gasteiger partial charge is 0.189 e. The molecule has 3 nitrogen and oxygen atoms in total. The lowest BCUT2D eigenvalue weighted by Gasteiger charge is -2.31. The standard InChI is InChI=1S/C18H15Cl2N3S/c1-24-18-21-14-10-23(9-8-12(14)17(20)22-18)15-7-3-5-11-4-2-6-13(19)16(11)15/h2-7H,8-10H2,1H3. The van der Waals surface area contributed by atoms with Crippen molar-refractivity contribution in [3.05, 3.63) is 57.8 Å². The SMILES string of the molecule is CSc1nc(Cl)c2c(n1)CN(c1cccc3cccc(Cl)c13)CC2. The Morgan fingerprint density at radius 1 is 1.08 bits per heavy atom. The summed E-state index contributed by atoms with van der Waals surface area (Å²) in [4.78, 5) is 11.3. The fourth-order valence-electron chi connectivity index (χ4n) is 3.20. The number of rotatable bonds is 2. The molecule has 1 aliphatic heterocycles. The lowest BCUT2D eigenvalue weighted by atomic mass is 10.0. The van der Waals surface area contributed by atoms with Crippen molar-refractivity contribution in [1.82, 2.24) is 9.97 Å². The highest BCUT2D eigenvalue weighted by molar-refractivity contribution is 7.98. The minimum atomic E-state index is 0.583. The molecule has 0 aliphatic carbocycles. The molecule has 0 saturated heterocycles. The zero-order valence-corrected chi connectivity index (χ0v) is 15.4. The quantitative estimate of drug-likeness (QED) is 0.348. The van der Waals surface area contributed by atoms with Crippen LogP contribution in [0, 0.1) is 0 Å². The normalized spacial score (nSPS) is 14.0. The Morgan fingerprint density at radius 2 is 1.88 bits per heavy atom. The fourth-order valence-corrected chi connectivity index (χ4v) is 4.20. The van der Waals surface area contributed by atoms with E-state index in [4.69, 9.17) is 23.2 Å². The van der Waals surface area contributed by atoms with Crippen LogP contribution >= 0.6 is 35.0 Å². The summed E-state index contributed by atoms with van der Waals surface area (Å²) >= 11 is 14.3. The molecule has 4 rings (SSSR count). The van der Waals surface area contributed by atoms with Gasteiger partial charge >= 0.3 is 0 Å². The molecule has 6 heteroatoms. The van der Waals surface area contributed by atoms with Gasteiger partial charge in [0.15, 0.2) is 5.16 Å². The van der Waals surface area contributed by atoms with Crippen LogP contribution in [0.1, 0.15) is 11.3 Å². The van der Waals surface area contributed by atoms with Crippen LogP contribution < -0.4 is 4.90 Å². The average molecular weight is 376 g/mol. The zero-order chi connectivity index (χ0) is 16.7. The van der Waals surface area contributed by atoms with Gasteiger partial charge in [0, 0.05) is 23.2 Å². The molecule has 0 spiro atoms. The third kappa shape index (κ3) is 2.73. The number of fused-ring (bicyclic) bond motifs is 2. The zero-order valence-electron chi connectivity index (χ0n) is 13.1. The van der Waals surface area contributed by atoms with E-state index in [0.717, 1.165) is 57.4 Å². The van der Waals surface area contributed by atoms with Crippen molar-refractivity contribution < 1.29 is 0 Å². The minimum absolute atomic E-state index is 0.583. The maximum atomic E-state index is 6.48. The molecule has 0 N–H and O–H groups in total. The summed E-state index contributed by atoms with van der Waals surface area (Å²) < 4.78 is 0. The van der Waals surface area contributed by atoms with E-state index in [2.05, 4.69) is 39.1 Å². The van der Waals surface area contributed by atoms with Crippen molar-refractivity contribution in [3.8, 4) is 0 Å². The van der Waals surface area contributed by atoms with Crippen LogP contribution in [0.15, 0.2) is 41.6 Å². The van der Waals surface area contributed by atoms with E-state index in [1.165, 1.54) is 11.8 Å². The summed E-state index contributed by atoms with van der Waals surface area (Å²) in [6.45, 7) is 1.59. The molecular formula is C18H15Cl2N3S. The van der Waals surface area contributed by atoms with Gasteiger partial charge in [-0.05, 0) is 30.2 Å². The van der Waals surface area contributed by atoms with Gasteiger partial charge in [-0.25, -0.2) is 9.97 Å². The summed E-state index contributed by atoms with van der Waals surface area (Å²) in [5, 5.41) is 4.32. The van der Waals surface area contributed by atoms with Gasteiger partial charge in [0.1, 0.15) is 5.15 Å². The van der Waals surface area contributed by atoms with E-state index in [9.17, 15) is 0 Å². The average Bonchev–Trinajstić information content (AvgIpc) is 2.61. The summed E-state index contributed by atoms with van der Waals surface area (Å²) in [5.41, 5.74) is 3.22. The van der Waals surface area contributed by atoms with E-state index in [0.29, 0.717) is 5.15 Å². The van der Waals surface area contributed by atoms with Gasteiger partial charge in [0.25, 0.3) is 0 Å². The predicted octanol–water partition coefficient (Wildman–Crippen LogP) is 5.22. The summed E-state index contributed by atoms with van der Waals surface area (Å²) in [5.74, 6) is 0. The number of nitrogens with zero attached hydrogens (tertiary/aromatic N) is 3. The molecule has 1 aliphatic rings. The molecule has 0 bridgehead atoms. The van der Waals surface area contributed by atoms with Gasteiger partial charge in [-0.15, -0.1) is 0 Å². The van der Waals surface area contributed by atoms with Crippen molar-refractivity contribution in [2.45, 2.75) is 18.1 Å². The second kappa shape index (κ2) is 6.43. The molecule has 0 fully saturated rings. The van der Waals surface area contributed by atoms with Crippen molar-refractivity contribution >= 4 is 51.4 Å². The van der Waals surface area contributed by atoms with Crippen LogP contribution in [0.4, 0.5) is 5.69 Å². The molecule has 0 radical (unpaired) electrons. The van der Waals surface area contributed by atoms with Crippen molar-refractivity contribution in [2.75, 3.05) is 17.7 Å². The van der Waals surface area contributed by atoms with Crippen LogP contribution in [0.3, 0.4) is 0 Å². The third-order valence-electron chi connectivity index (χ3n) is 4.35. The maximum absolute atomic E-state index is 6.48. The summed E-state index contributed by atoms with van der Waals surface area (Å²) in [6.07, 6.45) is 2.80. The Kier molecular flexibility index (Phi) is 4.29. The number of hydrogen-bond donors (Lipinski definition) is 0. The first-order chi connectivity index (χ1) is 11.7. The second-order valence-corrected chi connectivity index (χ2v) is 7.25. The van der Waals surface area contributed by atoms with Crippen molar-refractivity contribution in [2.24, 2.45) is 0 Å². The number of hydrogen-bond acceptors (Lipinski definition) is 4. The molecule has 2 aromatic carbocycles. The number of thioether (sulfide) groups is 1. The van der Waals surface area contributed by atoms with Gasteiger partial charge in [-0.1, -0.05) is 59.2 Å². The Morgan fingerprint density at radius 3 is 2.67 bits per heavy atom. The second-order valence-electron chi connectivity index (χ2n) is 5.71. The highest BCUT2D eigenvalue weighted by atomic mass is 35.5. The molecule has 3 aromatic rings. The topological polar surface area (TPSA) is 29.0 Å². The molecule has 0 atom stereocenters. The number of anilines is 1. The highest BCUT2D eigenvalue weighted by Gasteiger charge is 2.23. The number of aromatic nitrogens is 2. The summed E-state index contributed by atoms with van der Waals surface area (Å²) in [7, 11) is 0. The predicted molar refractivity (Wildman–Crippen MR) is 103 cm³/mol. The monoisotopic (exact) mass is 375 g/mol. The highest BCUT2D eigenvalue weighted by Crippen LogP contribution is 2.36. The summed E-state index contributed by atoms with van der Waals surface area (Å²) in [6, 6.07) is 12.3. The Labute approximate surface area is 155 Å². The first kappa shape index (κ1) is 16.0. The van der Waals surface area contributed by atoms with Crippen LogP contribution in [-0.4, -0.2) is 22.8 Å². The first-order valence-electron chi connectivity index (χ1n) is 7.69. The van der Waals surface area contributed by atoms with E-state index < -0.39 is 0 Å². The van der Waals surface area contributed by atoms with Crippen LogP contribution in [0.25, 0.3) is 10.8 Å². The molecule has 1 aromatic heterocycles.